The van der Waals surface area contributed by atoms with Crippen molar-refractivity contribution in [1.29, 1.82) is 0 Å². The van der Waals surface area contributed by atoms with E-state index < -0.39 is 17.3 Å². The second-order valence-corrected chi connectivity index (χ2v) is 8.57. The van der Waals surface area contributed by atoms with Crippen LogP contribution in [0.15, 0.2) is 40.9 Å². The van der Waals surface area contributed by atoms with Gasteiger partial charge in [-0.05, 0) is 12.1 Å². The molecule has 2 heterocycles. The van der Waals surface area contributed by atoms with Crippen LogP contribution in [0.1, 0.15) is 27.2 Å². The van der Waals surface area contributed by atoms with E-state index in [9.17, 15) is 19.5 Å². The van der Waals surface area contributed by atoms with Gasteiger partial charge in [0, 0.05) is 16.7 Å². The van der Waals surface area contributed by atoms with Crippen LogP contribution in [0.4, 0.5) is 0 Å². The summed E-state index contributed by atoms with van der Waals surface area (Å²) in [5.74, 6) is -1.65. The summed E-state index contributed by atoms with van der Waals surface area (Å²) in [5, 5.41) is 11.2. The van der Waals surface area contributed by atoms with Crippen LogP contribution in [0, 0.1) is 11.3 Å². The minimum atomic E-state index is -1.40. The number of amides is 1. The molecule has 0 N–H and O–H groups in total. The number of hydrogen-bond acceptors (Lipinski definition) is 6. The molecule has 1 aromatic rings. The monoisotopic (exact) mass is 413 g/mol. The van der Waals surface area contributed by atoms with Crippen molar-refractivity contribution in [2.45, 2.75) is 32.6 Å². The Kier molecular flexibility index (Phi) is 7.38. The van der Waals surface area contributed by atoms with Crippen LogP contribution < -0.4 is 61.2 Å². The molecule has 1 saturated heterocycles. The smallest absolute Gasteiger partial charge is 0.543 e. The van der Waals surface area contributed by atoms with E-state index in [1.54, 1.807) is 12.1 Å². The first-order valence-corrected chi connectivity index (χ1v) is 9.23. The molecule has 0 aromatic heterocycles. The summed E-state index contributed by atoms with van der Waals surface area (Å²) >= 11 is 1.27. The first-order chi connectivity index (χ1) is 12.2. The number of nitrogens with zero attached hydrogens (tertiary/aromatic N) is 1. The Morgan fingerprint density at radius 1 is 1.22 bits per heavy atom. The molecular formula is C19H20KNO5S. The summed E-state index contributed by atoms with van der Waals surface area (Å²) in [6, 6.07) is 9.02. The number of carboxylic acid groups (broad SMARTS) is 1. The topological polar surface area (TPSA) is 86.7 Å². The Bertz CT molecular complexity index is 787. The molecule has 1 aromatic carbocycles. The normalized spacial score (nSPS) is 21.3. The van der Waals surface area contributed by atoms with Crippen LogP contribution in [-0.4, -0.2) is 34.5 Å². The molecule has 2 atom stereocenters. The van der Waals surface area contributed by atoms with E-state index in [0.717, 1.165) is 0 Å². The first kappa shape index (κ1) is 22.6. The predicted octanol–water partition coefficient (Wildman–Crippen LogP) is -1.43. The van der Waals surface area contributed by atoms with Gasteiger partial charge in [-0.2, -0.15) is 0 Å². The molecule has 0 radical (unpaired) electrons. The van der Waals surface area contributed by atoms with Gasteiger partial charge in [-0.15, -0.1) is 0 Å². The van der Waals surface area contributed by atoms with E-state index in [2.05, 4.69) is 0 Å². The number of carbonyl (C=O) groups is 3. The molecule has 0 bridgehead atoms. The third kappa shape index (κ3) is 4.68. The van der Waals surface area contributed by atoms with Crippen molar-refractivity contribution in [2.24, 2.45) is 11.3 Å². The predicted molar refractivity (Wildman–Crippen MR) is 94.8 cm³/mol. The largest absolute Gasteiger partial charge is 1.00 e. The standard InChI is InChI=1S/C19H21NO5S.K/c1-19(2,3)14(21)9-12-16(22)20-15(18(23)24)13(26-17(12)20)10-25-11-7-5-4-6-8-11;/h4-8,12,17H,9-10H2,1-3H3,(H,23,24);/q;+1/p-1/t12-,17-;/m1./s1. The molecule has 0 saturated carbocycles. The molecule has 0 aliphatic carbocycles. The SMILES string of the molecule is CC(C)(C)C(=O)C[C@@H]1C(=O)N2C(C(=O)[O-])=C(COc3ccccc3)S[C@H]12.[K+]. The van der Waals surface area contributed by atoms with Crippen molar-refractivity contribution in [3.8, 4) is 5.75 Å². The van der Waals surface area contributed by atoms with Crippen molar-refractivity contribution in [2.75, 3.05) is 6.61 Å². The van der Waals surface area contributed by atoms with Crippen LogP contribution in [0.3, 0.4) is 0 Å². The van der Waals surface area contributed by atoms with Crippen LogP contribution in [0.25, 0.3) is 0 Å². The molecule has 8 heteroatoms. The van der Waals surface area contributed by atoms with Crippen molar-refractivity contribution >= 4 is 29.4 Å². The maximum absolute atomic E-state index is 12.4. The number of Topliss-reactive ketones (excluding diaryl/α,β-unsaturated/α-hetero) is 1. The maximum atomic E-state index is 12.4. The minimum absolute atomic E-state index is 0. The van der Waals surface area contributed by atoms with Gasteiger partial charge in [-0.1, -0.05) is 50.7 Å². The van der Waals surface area contributed by atoms with Gasteiger partial charge in [0.2, 0.25) is 5.91 Å². The third-order valence-corrected chi connectivity index (χ3v) is 5.85. The average molecular weight is 414 g/mol. The van der Waals surface area contributed by atoms with Gasteiger partial charge in [-0.3, -0.25) is 14.5 Å². The van der Waals surface area contributed by atoms with E-state index in [4.69, 9.17) is 4.74 Å². The molecule has 1 amide bonds. The molecule has 0 spiro atoms. The Labute approximate surface area is 205 Å². The van der Waals surface area contributed by atoms with Gasteiger partial charge in [0.15, 0.2) is 0 Å². The van der Waals surface area contributed by atoms with Gasteiger partial charge in [0.05, 0.1) is 23.0 Å². The van der Waals surface area contributed by atoms with E-state index in [-0.39, 0.29) is 87.2 Å². The Balaban J connectivity index is 0.00000261. The molecule has 0 unspecified atom stereocenters. The number of aliphatic carboxylic acids is 1. The summed E-state index contributed by atoms with van der Waals surface area (Å²) in [6.45, 7) is 5.46. The van der Waals surface area contributed by atoms with Gasteiger partial charge in [0.25, 0.3) is 0 Å². The number of ketones is 1. The van der Waals surface area contributed by atoms with Gasteiger partial charge in [0.1, 0.15) is 18.1 Å². The fourth-order valence-electron chi connectivity index (χ4n) is 2.91. The summed E-state index contributed by atoms with van der Waals surface area (Å²) < 4.78 is 5.63. The van der Waals surface area contributed by atoms with Crippen LogP contribution in [0.5, 0.6) is 5.75 Å². The quantitative estimate of drug-likeness (QED) is 0.420. The Morgan fingerprint density at radius 3 is 2.41 bits per heavy atom. The molecule has 138 valence electrons. The number of carbonyl (C=O) groups excluding carboxylic acids is 3. The number of β-lactam (4-membered cyclic amide) rings is 1. The summed E-state index contributed by atoms with van der Waals surface area (Å²) in [5.41, 5.74) is -0.672. The second-order valence-electron chi connectivity index (χ2n) is 7.36. The summed E-state index contributed by atoms with van der Waals surface area (Å²) in [7, 11) is 0. The summed E-state index contributed by atoms with van der Waals surface area (Å²) in [6.07, 6.45) is 0.115. The molecule has 27 heavy (non-hydrogen) atoms. The minimum Gasteiger partial charge on any atom is -0.543 e. The van der Waals surface area contributed by atoms with Gasteiger partial charge >= 0.3 is 51.4 Å². The third-order valence-electron chi connectivity index (χ3n) is 4.47. The maximum Gasteiger partial charge on any atom is 1.00 e. The number of rotatable bonds is 6. The number of carboxylic acids is 1. The number of para-hydroxylation sites is 1. The number of hydrogen-bond donors (Lipinski definition) is 0. The van der Waals surface area contributed by atoms with Gasteiger partial charge in [-0.25, -0.2) is 0 Å². The fourth-order valence-corrected chi connectivity index (χ4v) is 4.31. The van der Waals surface area contributed by atoms with Crippen LogP contribution >= 0.6 is 11.8 Å². The van der Waals surface area contributed by atoms with E-state index in [1.807, 2.05) is 39.0 Å². The zero-order chi connectivity index (χ0) is 19.1. The molecule has 1 fully saturated rings. The van der Waals surface area contributed by atoms with Crippen molar-refractivity contribution in [3.05, 3.63) is 40.9 Å². The fraction of sp³-hybridized carbons (Fsp3) is 0.421. The van der Waals surface area contributed by atoms with Crippen LogP contribution in [-0.2, 0) is 14.4 Å². The van der Waals surface area contributed by atoms with Crippen molar-refractivity contribution in [1.82, 2.24) is 4.90 Å². The Hall–Kier alpha value is -0.644. The molecular weight excluding hydrogens is 393 g/mol. The number of benzene rings is 1. The molecule has 2 aliphatic heterocycles. The first-order valence-electron chi connectivity index (χ1n) is 8.35. The Morgan fingerprint density at radius 2 is 1.85 bits per heavy atom. The zero-order valence-electron chi connectivity index (χ0n) is 15.9. The van der Waals surface area contributed by atoms with Gasteiger partial charge < -0.3 is 14.6 Å². The van der Waals surface area contributed by atoms with E-state index >= 15 is 0 Å². The summed E-state index contributed by atoms with van der Waals surface area (Å²) in [4.78, 5) is 37.9. The molecule has 6 nitrogen and oxygen atoms in total. The molecule has 2 aliphatic rings. The molecule has 3 rings (SSSR count). The average Bonchev–Trinajstić information content (AvgIpc) is 2.93. The number of thioether (sulfide) groups is 1. The van der Waals surface area contributed by atoms with Crippen molar-refractivity contribution < 1.29 is 75.6 Å². The van der Waals surface area contributed by atoms with Crippen molar-refractivity contribution in [3.63, 3.8) is 0 Å². The number of fused-ring (bicyclic) bond motifs is 1. The van der Waals surface area contributed by atoms with Crippen LogP contribution in [0.2, 0.25) is 0 Å². The number of ether oxygens (including phenoxy) is 1. The van der Waals surface area contributed by atoms with E-state index in [0.29, 0.717) is 10.7 Å². The van der Waals surface area contributed by atoms with E-state index in [1.165, 1.54) is 16.7 Å². The zero-order valence-corrected chi connectivity index (χ0v) is 19.8. The second kappa shape index (κ2) is 8.79.